The number of thiazole rings is 1. The molecule has 3 aromatic rings. The first-order valence-corrected chi connectivity index (χ1v) is 7.45. The second-order valence-corrected chi connectivity index (χ2v) is 5.72. The Morgan fingerprint density at radius 1 is 1.36 bits per heavy atom. The molecule has 2 heterocycles. The molecule has 1 aromatic carbocycles. The van der Waals surface area contributed by atoms with Crippen molar-refractivity contribution in [2.24, 2.45) is 7.05 Å². The van der Waals surface area contributed by atoms with Gasteiger partial charge in [0.15, 0.2) is 5.13 Å². The molecule has 0 fully saturated rings. The first kappa shape index (κ1) is 14.3. The number of anilines is 2. The Kier molecular flexibility index (Phi) is 3.42. The number of carbonyl (C=O) groups excluding carboxylic acids is 1. The van der Waals surface area contributed by atoms with Crippen LogP contribution in [0.1, 0.15) is 10.4 Å². The molecule has 0 radical (unpaired) electrons. The number of pyridine rings is 1. The zero-order chi connectivity index (χ0) is 15.9. The minimum absolute atomic E-state index is 0.0288. The number of rotatable bonds is 2. The van der Waals surface area contributed by atoms with E-state index in [0.717, 1.165) is 0 Å². The van der Waals surface area contributed by atoms with Gasteiger partial charge in [-0.25, -0.2) is 4.98 Å². The molecule has 2 aromatic heterocycles. The highest BCUT2D eigenvalue weighted by Crippen LogP contribution is 2.24. The maximum atomic E-state index is 12.7. The number of amides is 1. The smallest absolute Gasteiger partial charge is 0.267 e. The van der Waals surface area contributed by atoms with Crippen LogP contribution in [0.3, 0.4) is 0 Å². The topological polar surface area (TPSA) is 81.2 Å². The molecule has 6 nitrogen and oxygen atoms in total. The van der Waals surface area contributed by atoms with E-state index in [1.165, 1.54) is 20.8 Å². The third-order valence-electron chi connectivity index (χ3n) is 3.57. The zero-order valence-electron chi connectivity index (χ0n) is 12.1. The van der Waals surface area contributed by atoms with Crippen LogP contribution in [-0.2, 0) is 7.05 Å². The number of fused-ring (bicyclic) bond motifs is 1. The molecule has 2 N–H and O–H groups in total. The van der Waals surface area contributed by atoms with Gasteiger partial charge in [-0.15, -0.1) is 11.3 Å². The number of nitrogen functional groups attached to an aromatic ring is 1. The number of hydrogen-bond acceptors (Lipinski definition) is 5. The van der Waals surface area contributed by atoms with E-state index in [1.807, 2.05) is 12.1 Å². The van der Waals surface area contributed by atoms with Crippen LogP contribution in [0.25, 0.3) is 10.9 Å². The molecule has 0 spiro atoms. The van der Waals surface area contributed by atoms with Crippen molar-refractivity contribution in [3.63, 3.8) is 0 Å². The minimum atomic E-state index is -0.459. The monoisotopic (exact) mass is 314 g/mol. The number of hydrogen-bond donors (Lipinski definition) is 1. The highest BCUT2D eigenvalue weighted by Gasteiger charge is 2.24. The van der Waals surface area contributed by atoms with Gasteiger partial charge in [-0.2, -0.15) is 0 Å². The fourth-order valence-corrected chi connectivity index (χ4v) is 2.97. The van der Waals surface area contributed by atoms with E-state index in [9.17, 15) is 9.59 Å². The van der Waals surface area contributed by atoms with Crippen LogP contribution < -0.4 is 16.2 Å². The molecule has 1 amide bonds. The molecule has 112 valence electrons. The van der Waals surface area contributed by atoms with E-state index in [1.54, 1.807) is 37.8 Å². The van der Waals surface area contributed by atoms with Crippen molar-refractivity contribution in [2.45, 2.75) is 0 Å². The summed E-state index contributed by atoms with van der Waals surface area (Å²) in [7, 11) is 3.21. The number of benzene rings is 1. The van der Waals surface area contributed by atoms with Gasteiger partial charge < -0.3 is 10.3 Å². The van der Waals surface area contributed by atoms with Crippen molar-refractivity contribution in [1.29, 1.82) is 0 Å². The summed E-state index contributed by atoms with van der Waals surface area (Å²) in [4.78, 5) is 30.6. The number of carbonyl (C=O) groups is 1. The van der Waals surface area contributed by atoms with Gasteiger partial charge in [-0.3, -0.25) is 14.5 Å². The largest absolute Gasteiger partial charge is 0.397 e. The van der Waals surface area contributed by atoms with Crippen molar-refractivity contribution >= 4 is 39.0 Å². The summed E-state index contributed by atoms with van der Waals surface area (Å²) in [6.45, 7) is 0. The molecule has 0 aliphatic rings. The number of nitrogens with two attached hydrogens (primary N) is 1. The quantitative estimate of drug-likeness (QED) is 0.783. The van der Waals surface area contributed by atoms with Crippen LogP contribution in [0.5, 0.6) is 0 Å². The molecule has 0 unspecified atom stereocenters. The molecule has 22 heavy (non-hydrogen) atoms. The van der Waals surface area contributed by atoms with Gasteiger partial charge in [-0.1, -0.05) is 18.2 Å². The number of nitrogens with zero attached hydrogens (tertiary/aromatic N) is 3. The Morgan fingerprint density at radius 3 is 2.77 bits per heavy atom. The molecule has 0 saturated heterocycles. The number of aryl methyl sites for hydroxylation is 1. The van der Waals surface area contributed by atoms with Crippen LogP contribution in [0.4, 0.5) is 10.8 Å². The van der Waals surface area contributed by atoms with E-state index in [-0.39, 0.29) is 11.3 Å². The van der Waals surface area contributed by atoms with E-state index in [0.29, 0.717) is 16.0 Å². The van der Waals surface area contributed by atoms with Crippen molar-refractivity contribution in [3.05, 3.63) is 51.8 Å². The van der Waals surface area contributed by atoms with Gasteiger partial charge in [0.2, 0.25) is 0 Å². The summed E-state index contributed by atoms with van der Waals surface area (Å²) in [5.74, 6) is -0.459. The molecular weight excluding hydrogens is 300 g/mol. The SMILES string of the molecule is CN(C(=O)c1c(N)c2ccccc2n(C)c1=O)c1nccs1. The fraction of sp³-hybridized carbons (Fsp3) is 0.133. The Bertz CT molecular complexity index is 915. The first-order chi connectivity index (χ1) is 10.5. The Morgan fingerprint density at radius 2 is 2.09 bits per heavy atom. The number of aromatic nitrogens is 2. The molecule has 0 saturated carbocycles. The lowest BCUT2D eigenvalue weighted by Gasteiger charge is -2.17. The summed E-state index contributed by atoms with van der Waals surface area (Å²) in [5, 5.41) is 2.96. The fourth-order valence-electron chi connectivity index (χ4n) is 2.36. The molecule has 0 bridgehead atoms. The maximum Gasteiger partial charge on any atom is 0.267 e. The Labute approximate surface area is 130 Å². The summed E-state index contributed by atoms with van der Waals surface area (Å²) in [6.07, 6.45) is 1.60. The van der Waals surface area contributed by atoms with Gasteiger partial charge in [0, 0.05) is 31.1 Å². The molecule has 7 heteroatoms. The lowest BCUT2D eigenvalue weighted by molar-refractivity contribution is 0.0992. The molecule has 0 atom stereocenters. The normalized spacial score (nSPS) is 10.8. The predicted molar refractivity (Wildman–Crippen MR) is 88.4 cm³/mol. The lowest BCUT2D eigenvalue weighted by atomic mass is 10.1. The first-order valence-electron chi connectivity index (χ1n) is 6.57. The average molecular weight is 314 g/mol. The van der Waals surface area contributed by atoms with Crippen LogP contribution in [0.15, 0.2) is 40.6 Å². The zero-order valence-corrected chi connectivity index (χ0v) is 12.9. The minimum Gasteiger partial charge on any atom is -0.397 e. The summed E-state index contributed by atoms with van der Waals surface area (Å²) in [6, 6.07) is 7.24. The van der Waals surface area contributed by atoms with Crippen LogP contribution in [-0.4, -0.2) is 22.5 Å². The summed E-state index contributed by atoms with van der Waals surface area (Å²) in [5.41, 5.74) is 6.56. The van der Waals surface area contributed by atoms with Crippen molar-refractivity contribution < 1.29 is 4.79 Å². The van der Waals surface area contributed by atoms with Crippen LogP contribution in [0.2, 0.25) is 0 Å². The van der Waals surface area contributed by atoms with E-state index < -0.39 is 11.5 Å². The van der Waals surface area contributed by atoms with Gasteiger partial charge in [-0.05, 0) is 6.07 Å². The summed E-state index contributed by atoms with van der Waals surface area (Å²) >= 11 is 1.32. The summed E-state index contributed by atoms with van der Waals surface area (Å²) < 4.78 is 1.44. The van der Waals surface area contributed by atoms with Gasteiger partial charge >= 0.3 is 0 Å². The predicted octanol–water partition coefficient (Wildman–Crippen LogP) is 1.85. The lowest BCUT2D eigenvalue weighted by Crippen LogP contribution is -2.35. The Balaban J connectivity index is 2.23. The highest BCUT2D eigenvalue weighted by atomic mass is 32.1. The second kappa shape index (κ2) is 5.27. The molecule has 3 rings (SSSR count). The second-order valence-electron chi connectivity index (χ2n) is 4.85. The molecule has 0 aliphatic heterocycles. The van der Waals surface area contributed by atoms with Crippen molar-refractivity contribution in [3.8, 4) is 0 Å². The van der Waals surface area contributed by atoms with Crippen LogP contribution >= 0.6 is 11.3 Å². The third kappa shape index (κ3) is 2.06. The van der Waals surface area contributed by atoms with E-state index in [2.05, 4.69) is 4.98 Å². The average Bonchev–Trinajstić information content (AvgIpc) is 3.06. The van der Waals surface area contributed by atoms with Gasteiger partial charge in [0.05, 0.1) is 11.2 Å². The Hall–Kier alpha value is -2.67. The number of para-hydroxylation sites is 1. The highest BCUT2D eigenvalue weighted by molar-refractivity contribution is 7.13. The molecule has 0 aliphatic carbocycles. The molecular formula is C15H14N4O2S. The van der Waals surface area contributed by atoms with Crippen molar-refractivity contribution in [2.75, 3.05) is 17.7 Å². The van der Waals surface area contributed by atoms with Crippen LogP contribution in [0, 0.1) is 0 Å². The van der Waals surface area contributed by atoms with E-state index in [4.69, 9.17) is 5.73 Å². The van der Waals surface area contributed by atoms with Crippen molar-refractivity contribution in [1.82, 2.24) is 9.55 Å². The maximum absolute atomic E-state index is 12.7. The third-order valence-corrected chi connectivity index (χ3v) is 4.42. The van der Waals surface area contributed by atoms with Gasteiger partial charge in [0.25, 0.3) is 11.5 Å². The standard InChI is InChI=1S/C15H14N4O2S/c1-18-10-6-4-3-5-9(10)12(16)11(13(18)20)14(21)19(2)15-17-7-8-22-15/h3-8H,16H2,1-2H3. The van der Waals surface area contributed by atoms with Gasteiger partial charge in [0.1, 0.15) is 5.56 Å². The van der Waals surface area contributed by atoms with E-state index >= 15 is 0 Å².